The number of halogens is 2. The molecule has 1 aromatic rings. The van der Waals surface area contributed by atoms with E-state index in [2.05, 4.69) is 5.32 Å². The Labute approximate surface area is 134 Å². The van der Waals surface area contributed by atoms with E-state index in [-0.39, 0.29) is 19.2 Å². The zero-order valence-corrected chi connectivity index (χ0v) is 13.1. The van der Waals surface area contributed by atoms with Crippen LogP contribution in [0.25, 0.3) is 0 Å². The van der Waals surface area contributed by atoms with Gasteiger partial charge in [-0.2, -0.15) is 0 Å². The van der Waals surface area contributed by atoms with Gasteiger partial charge in [0.05, 0.1) is 25.8 Å². The second-order valence-corrected chi connectivity index (χ2v) is 5.36. The second-order valence-electron chi connectivity index (χ2n) is 5.36. The van der Waals surface area contributed by atoms with Gasteiger partial charge in [-0.05, 0) is 18.9 Å². The lowest BCUT2D eigenvalue weighted by atomic mass is 10.0. The molecular formula is C16H22F2N2O3. The summed E-state index contributed by atoms with van der Waals surface area (Å²) in [7, 11) is 1.47. The summed E-state index contributed by atoms with van der Waals surface area (Å²) in [5.41, 5.74) is 0.877. The minimum atomic E-state index is -2.58. The van der Waals surface area contributed by atoms with Crippen LogP contribution in [-0.2, 0) is 4.74 Å². The molecule has 23 heavy (non-hydrogen) atoms. The van der Waals surface area contributed by atoms with Crippen LogP contribution in [0, 0.1) is 0 Å². The van der Waals surface area contributed by atoms with E-state index in [1.165, 1.54) is 7.11 Å². The van der Waals surface area contributed by atoms with Gasteiger partial charge in [0.15, 0.2) is 0 Å². The molecule has 0 bridgehead atoms. The zero-order valence-electron chi connectivity index (χ0n) is 13.1. The number of urea groups is 1. The van der Waals surface area contributed by atoms with Crippen molar-refractivity contribution in [2.45, 2.75) is 25.3 Å². The molecule has 1 N–H and O–H groups in total. The molecule has 1 aromatic carbocycles. The minimum absolute atomic E-state index is 0.123. The molecule has 0 fully saturated rings. The molecule has 1 aliphatic heterocycles. The van der Waals surface area contributed by atoms with Crippen molar-refractivity contribution in [2.24, 2.45) is 0 Å². The fourth-order valence-electron chi connectivity index (χ4n) is 2.56. The first-order valence-electron chi connectivity index (χ1n) is 7.66. The molecule has 7 heteroatoms. The SMILES string of the molecule is COCCN(CC(F)F)C(=O)NC1CCCOc2ccccc21. The summed E-state index contributed by atoms with van der Waals surface area (Å²) in [6.07, 6.45) is -1.09. The first kappa shape index (κ1) is 17.5. The van der Waals surface area contributed by atoms with Crippen molar-refractivity contribution in [2.75, 3.05) is 33.4 Å². The number of rotatable bonds is 6. The van der Waals surface area contributed by atoms with E-state index in [0.717, 1.165) is 22.6 Å². The van der Waals surface area contributed by atoms with Gasteiger partial charge in [0.1, 0.15) is 5.75 Å². The Morgan fingerprint density at radius 1 is 1.48 bits per heavy atom. The number of methoxy groups -OCH3 is 1. The zero-order chi connectivity index (χ0) is 16.7. The number of nitrogens with zero attached hydrogens (tertiary/aromatic N) is 1. The third-order valence-electron chi connectivity index (χ3n) is 3.70. The standard InChI is InChI=1S/C16H22F2N2O3/c1-22-10-8-20(11-15(17)18)16(21)19-13-6-4-9-23-14-7-3-2-5-12(13)14/h2-3,5,7,13,15H,4,6,8-11H2,1H3,(H,19,21). The largest absolute Gasteiger partial charge is 0.493 e. The molecule has 1 atom stereocenters. The van der Waals surface area contributed by atoms with Crippen LogP contribution >= 0.6 is 0 Å². The number of benzene rings is 1. The molecule has 0 saturated carbocycles. The quantitative estimate of drug-likeness (QED) is 0.874. The Balaban J connectivity index is 2.07. The lowest BCUT2D eigenvalue weighted by Gasteiger charge is -2.26. The molecule has 1 heterocycles. The number of fused-ring (bicyclic) bond motifs is 1. The van der Waals surface area contributed by atoms with E-state index in [9.17, 15) is 13.6 Å². The number of hydrogen-bond donors (Lipinski definition) is 1. The van der Waals surface area contributed by atoms with Gasteiger partial charge >= 0.3 is 6.03 Å². The Hall–Kier alpha value is -1.89. The van der Waals surface area contributed by atoms with Crippen molar-refractivity contribution in [3.63, 3.8) is 0 Å². The molecule has 0 radical (unpaired) electrons. The number of amides is 2. The van der Waals surface area contributed by atoms with Crippen LogP contribution in [-0.4, -0.2) is 50.8 Å². The second kappa shape index (κ2) is 8.67. The summed E-state index contributed by atoms with van der Waals surface area (Å²) in [5.74, 6) is 0.729. The van der Waals surface area contributed by atoms with Gasteiger partial charge < -0.3 is 19.7 Å². The maximum atomic E-state index is 12.7. The van der Waals surface area contributed by atoms with Gasteiger partial charge in [-0.1, -0.05) is 18.2 Å². The fourth-order valence-corrected chi connectivity index (χ4v) is 2.56. The highest BCUT2D eigenvalue weighted by Gasteiger charge is 2.24. The van der Waals surface area contributed by atoms with E-state index in [4.69, 9.17) is 9.47 Å². The van der Waals surface area contributed by atoms with Gasteiger partial charge in [0.2, 0.25) is 0 Å². The molecule has 128 valence electrons. The van der Waals surface area contributed by atoms with Gasteiger partial charge in [0.25, 0.3) is 6.43 Å². The number of para-hydroxylation sites is 1. The molecule has 0 spiro atoms. The van der Waals surface area contributed by atoms with Crippen LogP contribution in [0.15, 0.2) is 24.3 Å². The average molecular weight is 328 g/mol. The molecule has 0 saturated heterocycles. The van der Waals surface area contributed by atoms with Gasteiger partial charge in [0, 0.05) is 19.2 Å². The minimum Gasteiger partial charge on any atom is -0.493 e. The molecule has 1 unspecified atom stereocenters. The topological polar surface area (TPSA) is 50.8 Å². The summed E-state index contributed by atoms with van der Waals surface area (Å²) in [6, 6.07) is 6.71. The van der Waals surface area contributed by atoms with Crippen molar-refractivity contribution in [1.29, 1.82) is 0 Å². The number of hydrogen-bond acceptors (Lipinski definition) is 3. The summed E-state index contributed by atoms with van der Waals surface area (Å²) in [5, 5.41) is 2.85. The summed E-state index contributed by atoms with van der Waals surface area (Å²) in [6.45, 7) is 0.301. The van der Waals surface area contributed by atoms with Gasteiger partial charge in [-0.25, -0.2) is 13.6 Å². The predicted octanol–water partition coefficient (Wildman–Crippen LogP) is 2.82. The van der Waals surface area contributed by atoms with Crippen LogP contribution in [0.3, 0.4) is 0 Å². The maximum absolute atomic E-state index is 12.7. The first-order chi connectivity index (χ1) is 11.1. The van der Waals surface area contributed by atoms with Gasteiger partial charge in [-0.3, -0.25) is 0 Å². The first-order valence-corrected chi connectivity index (χ1v) is 7.66. The number of carbonyl (C=O) groups is 1. The van der Waals surface area contributed by atoms with Crippen LogP contribution in [0.4, 0.5) is 13.6 Å². The monoisotopic (exact) mass is 328 g/mol. The van der Waals surface area contributed by atoms with Crippen LogP contribution in [0.5, 0.6) is 5.75 Å². The molecule has 0 aromatic heterocycles. The molecule has 2 amide bonds. The Morgan fingerprint density at radius 2 is 2.26 bits per heavy atom. The maximum Gasteiger partial charge on any atom is 0.318 e. The molecule has 0 aliphatic carbocycles. The van der Waals surface area contributed by atoms with Gasteiger partial charge in [-0.15, -0.1) is 0 Å². The van der Waals surface area contributed by atoms with E-state index < -0.39 is 19.0 Å². The Kier molecular flexibility index (Phi) is 6.58. The van der Waals surface area contributed by atoms with E-state index in [1.54, 1.807) is 0 Å². The predicted molar refractivity (Wildman–Crippen MR) is 81.9 cm³/mol. The van der Waals surface area contributed by atoms with Crippen molar-refractivity contribution < 1.29 is 23.0 Å². The third kappa shape index (κ3) is 5.06. The van der Waals surface area contributed by atoms with Crippen molar-refractivity contribution in [1.82, 2.24) is 10.2 Å². The average Bonchev–Trinajstić information content (AvgIpc) is 2.73. The summed E-state index contributed by atoms with van der Waals surface area (Å²) >= 11 is 0. The smallest absolute Gasteiger partial charge is 0.318 e. The van der Waals surface area contributed by atoms with E-state index in [1.807, 2.05) is 24.3 Å². The molecule has 1 aliphatic rings. The van der Waals surface area contributed by atoms with Crippen LogP contribution in [0.2, 0.25) is 0 Å². The lowest BCUT2D eigenvalue weighted by molar-refractivity contribution is 0.0825. The molecular weight excluding hydrogens is 306 g/mol. The highest BCUT2D eigenvalue weighted by molar-refractivity contribution is 5.75. The van der Waals surface area contributed by atoms with E-state index >= 15 is 0 Å². The number of carbonyl (C=O) groups excluding carboxylic acids is 1. The van der Waals surface area contributed by atoms with Crippen LogP contribution < -0.4 is 10.1 Å². The van der Waals surface area contributed by atoms with Crippen LogP contribution in [0.1, 0.15) is 24.4 Å². The van der Waals surface area contributed by atoms with Crippen molar-refractivity contribution >= 4 is 6.03 Å². The number of alkyl halides is 2. The van der Waals surface area contributed by atoms with Crippen molar-refractivity contribution in [3.8, 4) is 5.75 Å². The number of ether oxygens (including phenoxy) is 2. The van der Waals surface area contributed by atoms with Crippen molar-refractivity contribution in [3.05, 3.63) is 29.8 Å². The highest BCUT2D eigenvalue weighted by Crippen LogP contribution is 2.31. The molecule has 2 rings (SSSR count). The Bertz CT molecular complexity index is 514. The normalized spacial score (nSPS) is 17.1. The third-order valence-corrected chi connectivity index (χ3v) is 3.70. The fraction of sp³-hybridized carbons (Fsp3) is 0.562. The lowest BCUT2D eigenvalue weighted by Crippen LogP contribution is -2.45. The Morgan fingerprint density at radius 3 is 3.00 bits per heavy atom. The van der Waals surface area contributed by atoms with E-state index in [0.29, 0.717) is 13.0 Å². The highest BCUT2D eigenvalue weighted by atomic mass is 19.3. The summed E-state index contributed by atoms with van der Waals surface area (Å²) in [4.78, 5) is 13.4. The number of nitrogens with one attached hydrogen (secondary N) is 1. The summed E-state index contributed by atoms with van der Waals surface area (Å²) < 4.78 is 35.9. The molecule has 5 nitrogen and oxygen atoms in total.